The van der Waals surface area contributed by atoms with E-state index in [1.165, 1.54) is 12.8 Å². The molecule has 13 heavy (non-hydrogen) atoms. The largest absolute Gasteiger partial charge is 0.387 e. The Morgan fingerprint density at radius 1 is 1.54 bits per heavy atom. The van der Waals surface area contributed by atoms with Gasteiger partial charge in [-0.25, -0.2) is 0 Å². The molecule has 0 unspecified atom stereocenters. The summed E-state index contributed by atoms with van der Waals surface area (Å²) < 4.78 is 0. The third-order valence-corrected chi connectivity index (χ3v) is 2.36. The van der Waals surface area contributed by atoms with Crippen molar-refractivity contribution in [2.45, 2.75) is 18.8 Å². The summed E-state index contributed by atoms with van der Waals surface area (Å²) in [6.45, 7) is 0. The van der Waals surface area contributed by atoms with Gasteiger partial charge in [0.05, 0.1) is 17.4 Å². The van der Waals surface area contributed by atoms with Crippen molar-refractivity contribution in [2.75, 3.05) is 12.4 Å². The second-order valence-electron chi connectivity index (χ2n) is 3.28. The first-order chi connectivity index (χ1) is 6.36. The van der Waals surface area contributed by atoms with E-state index in [2.05, 4.69) is 16.4 Å². The molecule has 0 saturated heterocycles. The molecule has 1 aliphatic carbocycles. The average molecular weight is 173 g/mol. The van der Waals surface area contributed by atoms with Gasteiger partial charge in [-0.05, 0) is 24.3 Å². The van der Waals surface area contributed by atoms with Crippen molar-refractivity contribution in [3.8, 4) is 6.07 Å². The number of aromatic nitrogens is 1. The maximum Gasteiger partial charge on any atom is 0.101 e. The van der Waals surface area contributed by atoms with Crippen LogP contribution < -0.4 is 5.32 Å². The highest BCUT2D eigenvalue weighted by Crippen LogP contribution is 2.44. The van der Waals surface area contributed by atoms with E-state index >= 15 is 0 Å². The van der Waals surface area contributed by atoms with Gasteiger partial charge in [-0.1, -0.05) is 0 Å². The van der Waals surface area contributed by atoms with Gasteiger partial charge in [0, 0.05) is 13.2 Å². The molecule has 1 N–H and O–H groups in total. The smallest absolute Gasteiger partial charge is 0.101 e. The van der Waals surface area contributed by atoms with Gasteiger partial charge in [-0.15, -0.1) is 0 Å². The van der Waals surface area contributed by atoms with E-state index in [4.69, 9.17) is 5.26 Å². The van der Waals surface area contributed by atoms with Crippen LogP contribution in [0, 0.1) is 11.3 Å². The molecule has 3 nitrogen and oxygen atoms in total. The average Bonchev–Trinajstić information content (AvgIpc) is 3.00. The number of nitriles is 1. The molecule has 3 heteroatoms. The topological polar surface area (TPSA) is 48.7 Å². The van der Waals surface area contributed by atoms with Crippen molar-refractivity contribution in [1.29, 1.82) is 5.26 Å². The van der Waals surface area contributed by atoms with Crippen molar-refractivity contribution in [3.63, 3.8) is 0 Å². The van der Waals surface area contributed by atoms with Gasteiger partial charge >= 0.3 is 0 Å². The van der Waals surface area contributed by atoms with Gasteiger partial charge in [-0.3, -0.25) is 4.98 Å². The summed E-state index contributed by atoms with van der Waals surface area (Å²) in [5.74, 6) is 0.583. The van der Waals surface area contributed by atoms with Crippen LogP contribution in [-0.2, 0) is 0 Å². The van der Waals surface area contributed by atoms with Gasteiger partial charge in [0.25, 0.3) is 0 Å². The molecule has 0 aromatic carbocycles. The monoisotopic (exact) mass is 173 g/mol. The molecule has 0 aliphatic heterocycles. The fourth-order valence-electron chi connectivity index (χ4n) is 1.57. The molecule has 0 spiro atoms. The van der Waals surface area contributed by atoms with Crippen LogP contribution in [0.5, 0.6) is 0 Å². The fraction of sp³-hybridized carbons (Fsp3) is 0.400. The molecule has 2 rings (SSSR count). The molecule has 1 heterocycles. The first-order valence-electron chi connectivity index (χ1n) is 4.42. The highest BCUT2D eigenvalue weighted by atomic mass is 14.9. The predicted molar refractivity (Wildman–Crippen MR) is 50.5 cm³/mol. The molecule has 0 atom stereocenters. The molecule has 0 amide bonds. The highest BCUT2D eigenvalue weighted by molar-refractivity contribution is 5.58. The van der Waals surface area contributed by atoms with Gasteiger partial charge in [0.2, 0.25) is 0 Å². The molecule has 1 aliphatic rings. The number of nitrogens with zero attached hydrogens (tertiary/aromatic N) is 2. The molecule has 1 aromatic rings. The standard InChI is InChI=1S/C10H11N3/c1-12-9-6-13-5-8(4-11)10(9)7-2-3-7/h5-7,12H,2-3H2,1H3. The van der Waals surface area contributed by atoms with Gasteiger partial charge < -0.3 is 5.32 Å². The van der Waals surface area contributed by atoms with Crippen molar-refractivity contribution in [2.24, 2.45) is 0 Å². The van der Waals surface area contributed by atoms with E-state index in [1.807, 2.05) is 7.05 Å². The lowest BCUT2D eigenvalue weighted by Crippen LogP contribution is -1.98. The Morgan fingerprint density at radius 2 is 2.31 bits per heavy atom. The Labute approximate surface area is 77.4 Å². The predicted octanol–water partition coefficient (Wildman–Crippen LogP) is 1.87. The molecule has 0 bridgehead atoms. The first kappa shape index (κ1) is 8.06. The second kappa shape index (κ2) is 3.06. The zero-order valence-corrected chi connectivity index (χ0v) is 7.54. The molecule has 1 aromatic heterocycles. The molecule has 1 saturated carbocycles. The zero-order chi connectivity index (χ0) is 9.26. The molecule has 0 radical (unpaired) electrons. The van der Waals surface area contributed by atoms with E-state index in [1.54, 1.807) is 12.4 Å². The number of hydrogen-bond donors (Lipinski definition) is 1. The Hall–Kier alpha value is -1.56. The molecular formula is C10H11N3. The van der Waals surface area contributed by atoms with Crippen LogP contribution in [0.15, 0.2) is 12.4 Å². The maximum atomic E-state index is 8.90. The van der Waals surface area contributed by atoms with E-state index in [0.29, 0.717) is 11.5 Å². The highest BCUT2D eigenvalue weighted by Gasteiger charge is 2.28. The molecule has 66 valence electrons. The van der Waals surface area contributed by atoms with E-state index in [-0.39, 0.29) is 0 Å². The maximum absolute atomic E-state index is 8.90. The number of rotatable bonds is 2. The minimum atomic E-state index is 0.583. The fourth-order valence-corrected chi connectivity index (χ4v) is 1.57. The minimum absolute atomic E-state index is 0.583. The minimum Gasteiger partial charge on any atom is -0.387 e. The van der Waals surface area contributed by atoms with Crippen LogP contribution in [0.2, 0.25) is 0 Å². The van der Waals surface area contributed by atoms with Crippen LogP contribution in [0.3, 0.4) is 0 Å². The normalized spacial score (nSPS) is 15.1. The third-order valence-electron chi connectivity index (χ3n) is 2.36. The Bertz CT molecular complexity index is 361. The SMILES string of the molecule is CNc1cncc(C#N)c1C1CC1. The van der Waals surface area contributed by atoms with E-state index in [9.17, 15) is 0 Å². The lowest BCUT2D eigenvalue weighted by Gasteiger charge is -2.08. The third kappa shape index (κ3) is 1.35. The lowest BCUT2D eigenvalue weighted by molar-refractivity contribution is 1.09. The number of hydrogen-bond acceptors (Lipinski definition) is 3. The summed E-state index contributed by atoms with van der Waals surface area (Å²) in [5, 5.41) is 12.0. The summed E-state index contributed by atoms with van der Waals surface area (Å²) in [5.41, 5.74) is 2.87. The van der Waals surface area contributed by atoms with Crippen molar-refractivity contribution >= 4 is 5.69 Å². The van der Waals surface area contributed by atoms with Crippen LogP contribution in [0.1, 0.15) is 29.9 Å². The number of nitrogens with one attached hydrogen (secondary N) is 1. The van der Waals surface area contributed by atoms with Crippen molar-refractivity contribution in [1.82, 2.24) is 4.98 Å². The first-order valence-corrected chi connectivity index (χ1v) is 4.42. The zero-order valence-electron chi connectivity index (χ0n) is 7.54. The van der Waals surface area contributed by atoms with Crippen LogP contribution in [-0.4, -0.2) is 12.0 Å². The molecule has 1 fully saturated rings. The Morgan fingerprint density at radius 3 is 2.85 bits per heavy atom. The Kier molecular flexibility index (Phi) is 1.90. The summed E-state index contributed by atoms with van der Waals surface area (Å²) in [4.78, 5) is 4.01. The van der Waals surface area contributed by atoms with Crippen LogP contribution >= 0.6 is 0 Å². The van der Waals surface area contributed by atoms with Crippen molar-refractivity contribution in [3.05, 3.63) is 23.5 Å². The summed E-state index contributed by atoms with van der Waals surface area (Å²) in [7, 11) is 1.87. The van der Waals surface area contributed by atoms with E-state index in [0.717, 1.165) is 11.3 Å². The Balaban J connectivity index is 2.52. The van der Waals surface area contributed by atoms with Gasteiger partial charge in [0.15, 0.2) is 0 Å². The summed E-state index contributed by atoms with van der Waals surface area (Å²) in [6.07, 6.45) is 5.84. The summed E-state index contributed by atoms with van der Waals surface area (Å²) >= 11 is 0. The van der Waals surface area contributed by atoms with Gasteiger partial charge in [0.1, 0.15) is 6.07 Å². The van der Waals surface area contributed by atoms with E-state index < -0.39 is 0 Å². The van der Waals surface area contributed by atoms with Crippen LogP contribution in [0.4, 0.5) is 5.69 Å². The lowest BCUT2D eigenvalue weighted by atomic mass is 10.1. The number of anilines is 1. The molecular weight excluding hydrogens is 162 g/mol. The number of pyridine rings is 1. The van der Waals surface area contributed by atoms with Crippen LogP contribution in [0.25, 0.3) is 0 Å². The quantitative estimate of drug-likeness (QED) is 0.742. The second-order valence-corrected chi connectivity index (χ2v) is 3.28. The van der Waals surface area contributed by atoms with Gasteiger partial charge in [-0.2, -0.15) is 5.26 Å². The summed E-state index contributed by atoms with van der Waals surface area (Å²) in [6, 6.07) is 2.19. The van der Waals surface area contributed by atoms with Crippen molar-refractivity contribution < 1.29 is 0 Å².